The third-order valence-corrected chi connectivity index (χ3v) is 2.79. The molecular formula is C8H6ClN3O3S. The minimum Gasteiger partial charge on any atom is -0.481 e. The fourth-order valence-corrected chi connectivity index (χ4v) is 1.74. The van der Waals surface area contributed by atoms with Crippen molar-refractivity contribution in [3.63, 3.8) is 0 Å². The van der Waals surface area contributed by atoms with Crippen molar-refractivity contribution >= 4 is 29.3 Å². The fourth-order valence-electron chi connectivity index (χ4n) is 1.02. The molecule has 8 heteroatoms. The summed E-state index contributed by atoms with van der Waals surface area (Å²) in [5, 5.41) is 15.6. The molecule has 6 nitrogen and oxygen atoms in total. The number of furan rings is 1. The van der Waals surface area contributed by atoms with Crippen LogP contribution in [-0.2, 0) is 4.79 Å². The maximum atomic E-state index is 10.3. The SMILES string of the molecule is O=C(O)CSc1n[nH]c(-c2ccoc2Cl)n1. The van der Waals surface area contributed by atoms with Crippen LogP contribution in [0.2, 0.25) is 5.22 Å². The van der Waals surface area contributed by atoms with E-state index in [1.54, 1.807) is 6.07 Å². The summed E-state index contributed by atoms with van der Waals surface area (Å²) in [6, 6.07) is 1.65. The number of carboxylic acids is 1. The third kappa shape index (κ3) is 2.37. The largest absolute Gasteiger partial charge is 0.481 e. The molecular weight excluding hydrogens is 254 g/mol. The summed E-state index contributed by atoms with van der Waals surface area (Å²) in [6.07, 6.45) is 1.43. The summed E-state index contributed by atoms with van der Waals surface area (Å²) < 4.78 is 4.90. The summed E-state index contributed by atoms with van der Waals surface area (Å²) >= 11 is 6.78. The van der Waals surface area contributed by atoms with Crippen molar-refractivity contribution in [2.75, 3.05) is 5.75 Å². The van der Waals surface area contributed by atoms with Gasteiger partial charge in [-0.25, -0.2) is 4.98 Å². The third-order valence-electron chi connectivity index (χ3n) is 1.66. The van der Waals surface area contributed by atoms with E-state index in [9.17, 15) is 4.79 Å². The summed E-state index contributed by atoms with van der Waals surface area (Å²) in [5.41, 5.74) is 0.594. The number of aromatic nitrogens is 3. The van der Waals surface area contributed by atoms with Gasteiger partial charge in [0, 0.05) is 0 Å². The highest BCUT2D eigenvalue weighted by Gasteiger charge is 2.12. The van der Waals surface area contributed by atoms with Gasteiger partial charge in [0.15, 0.2) is 5.82 Å². The van der Waals surface area contributed by atoms with Crippen molar-refractivity contribution in [3.8, 4) is 11.4 Å². The molecule has 0 fully saturated rings. The Morgan fingerprint density at radius 3 is 3.12 bits per heavy atom. The van der Waals surface area contributed by atoms with Crippen LogP contribution in [0.4, 0.5) is 0 Å². The molecule has 0 aromatic carbocycles. The number of nitrogens with one attached hydrogen (secondary N) is 1. The van der Waals surface area contributed by atoms with Crippen LogP contribution in [0.3, 0.4) is 0 Å². The summed E-state index contributed by atoms with van der Waals surface area (Å²) in [6.45, 7) is 0. The molecule has 0 radical (unpaired) electrons. The molecule has 0 aliphatic rings. The highest BCUT2D eigenvalue weighted by molar-refractivity contribution is 7.99. The normalized spacial score (nSPS) is 10.6. The van der Waals surface area contributed by atoms with Crippen LogP contribution in [0.15, 0.2) is 21.9 Å². The second-order valence-electron chi connectivity index (χ2n) is 2.76. The zero-order valence-electron chi connectivity index (χ0n) is 7.81. The van der Waals surface area contributed by atoms with Gasteiger partial charge < -0.3 is 9.52 Å². The van der Waals surface area contributed by atoms with E-state index in [2.05, 4.69) is 15.2 Å². The number of halogens is 1. The van der Waals surface area contributed by atoms with Crippen LogP contribution in [0, 0.1) is 0 Å². The number of carboxylic acid groups (broad SMARTS) is 1. The maximum absolute atomic E-state index is 10.3. The van der Waals surface area contributed by atoms with Gasteiger partial charge in [-0.15, -0.1) is 5.10 Å². The number of hydrogen-bond acceptors (Lipinski definition) is 5. The molecule has 0 spiro atoms. The molecule has 16 heavy (non-hydrogen) atoms. The van der Waals surface area contributed by atoms with E-state index >= 15 is 0 Å². The van der Waals surface area contributed by atoms with Gasteiger partial charge in [-0.3, -0.25) is 9.89 Å². The molecule has 0 aliphatic heterocycles. The van der Waals surface area contributed by atoms with E-state index in [-0.39, 0.29) is 11.0 Å². The lowest BCUT2D eigenvalue weighted by Crippen LogP contribution is -1.97. The van der Waals surface area contributed by atoms with Crippen LogP contribution >= 0.6 is 23.4 Å². The molecule has 2 aromatic rings. The maximum Gasteiger partial charge on any atom is 0.313 e. The van der Waals surface area contributed by atoms with E-state index in [4.69, 9.17) is 21.1 Å². The summed E-state index contributed by atoms with van der Waals surface area (Å²) in [4.78, 5) is 14.4. The van der Waals surface area contributed by atoms with E-state index in [1.807, 2.05) is 0 Å². The second kappa shape index (κ2) is 4.58. The van der Waals surface area contributed by atoms with E-state index in [1.165, 1.54) is 6.26 Å². The number of nitrogens with zero attached hydrogens (tertiary/aromatic N) is 2. The standard InChI is InChI=1S/C8H6ClN3O3S/c9-6-4(1-2-15-6)7-10-8(12-11-7)16-3-5(13)14/h1-2H,3H2,(H,13,14)(H,10,11,12). The van der Waals surface area contributed by atoms with Crippen molar-refractivity contribution in [2.24, 2.45) is 0 Å². The van der Waals surface area contributed by atoms with Crippen molar-refractivity contribution in [1.82, 2.24) is 15.2 Å². The zero-order chi connectivity index (χ0) is 11.5. The van der Waals surface area contributed by atoms with Gasteiger partial charge in [0.2, 0.25) is 10.4 Å². The first-order chi connectivity index (χ1) is 7.66. The first kappa shape index (κ1) is 11.0. The summed E-state index contributed by atoms with van der Waals surface area (Å²) in [7, 11) is 0. The van der Waals surface area contributed by atoms with E-state index in [0.29, 0.717) is 16.5 Å². The molecule has 0 unspecified atom stereocenters. The Kier molecular flexibility index (Phi) is 3.16. The number of carbonyl (C=O) groups is 1. The molecule has 2 rings (SSSR count). The lowest BCUT2D eigenvalue weighted by molar-refractivity contribution is -0.133. The van der Waals surface area contributed by atoms with Gasteiger partial charge in [0.05, 0.1) is 17.6 Å². The number of aliphatic carboxylic acids is 1. The molecule has 0 aliphatic carbocycles. The van der Waals surface area contributed by atoms with Crippen LogP contribution in [0.5, 0.6) is 0 Å². The topological polar surface area (TPSA) is 92.0 Å². The average Bonchev–Trinajstić information content (AvgIpc) is 2.83. The average molecular weight is 260 g/mol. The predicted molar refractivity (Wildman–Crippen MR) is 57.5 cm³/mol. The zero-order valence-corrected chi connectivity index (χ0v) is 9.38. The minimum absolute atomic E-state index is 0.0869. The minimum atomic E-state index is -0.919. The van der Waals surface area contributed by atoms with E-state index in [0.717, 1.165) is 11.8 Å². The van der Waals surface area contributed by atoms with Crippen molar-refractivity contribution in [2.45, 2.75) is 5.16 Å². The van der Waals surface area contributed by atoms with Gasteiger partial charge in [0.1, 0.15) is 0 Å². The Labute approximate surface area is 99.0 Å². The van der Waals surface area contributed by atoms with Crippen LogP contribution in [0.25, 0.3) is 11.4 Å². The Morgan fingerprint density at radius 1 is 1.69 bits per heavy atom. The molecule has 84 valence electrons. The predicted octanol–water partition coefficient (Wildman–Crippen LogP) is 1.89. The number of hydrogen-bond donors (Lipinski definition) is 2. The number of aromatic amines is 1. The molecule has 0 amide bonds. The lowest BCUT2D eigenvalue weighted by atomic mass is 10.3. The smallest absolute Gasteiger partial charge is 0.313 e. The first-order valence-electron chi connectivity index (χ1n) is 4.17. The first-order valence-corrected chi connectivity index (χ1v) is 5.53. The van der Waals surface area contributed by atoms with Gasteiger partial charge in [-0.2, -0.15) is 0 Å². The Morgan fingerprint density at radius 2 is 2.50 bits per heavy atom. The highest BCUT2D eigenvalue weighted by atomic mass is 35.5. The number of thioether (sulfide) groups is 1. The van der Waals surface area contributed by atoms with Crippen molar-refractivity contribution < 1.29 is 14.3 Å². The van der Waals surface area contributed by atoms with Crippen molar-refractivity contribution in [3.05, 3.63) is 17.5 Å². The van der Waals surface area contributed by atoms with E-state index < -0.39 is 5.97 Å². The van der Waals surface area contributed by atoms with Crippen LogP contribution in [0.1, 0.15) is 0 Å². The Hall–Kier alpha value is -1.47. The Bertz CT molecular complexity index is 510. The van der Waals surface area contributed by atoms with Crippen LogP contribution in [-0.4, -0.2) is 32.0 Å². The molecule has 2 heterocycles. The molecule has 0 saturated heterocycles. The quantitative estimate of drug-likeness (QED) is 0.815. The van der Waals surface area contributed by atoms with Gasteiger partial charge in [-0.1, -0.05) is 11.8 Å². The molecule has 2 N–H and O–H groups in total. The second-order valence-corrected chi connectivity index (χ2v) is 4.04. The molecule has 2 aromatic heterocycles. The van der Waals surface area contributed by atoms with Gasteiger partial charge >= 0.3 is 5.97 Å². The number of H-pyrrole nitrogens is 1. The number of rotatable bonds is 4. The molecule has 0 atom stereocenters. The Balaban J connectivity index is 2.14. The fraction of sp³-hybridized carbons (Fsp3) is 0.125. The highest BCUT2D eigenvalue weighted by Crippen LogP contribution is 2.27. The van der Waals surface area contributed by atoms with Crippen molar-refractivity contribution in [1.29, 1.82) is 0 Å². The monoisotopic (exact) mass is 259 g/mol. The molecule has 0 saturated carbocycles. The van der Waals surface area contributed by atoms with Gasteiger partial charge in [-0.05, 0) is 17.7 Å². The lowest BCUT2D eigenvalue weighted by Gasteiger charge is -1.89. The summed E-state index contributed by atoms with van der Waals surface area (Å²) in [5.74, 6) is -0.555. The molecule has 0 bridgehead atoms. The van der Waals surface area contributed by atoms with Gasteiger partial charge in [0.25, 0.3) is 0 Å². The van der Waals surface area contributed by atoms with Crippen LogP contribution < -0.4 is 0 Å².